The molecular weight excluding hydrogens is 746 g/mol. The van der Waals surface area contributed by atoms with Gasteiger partial charge in [-0.15, -0.1) is 0 Å². The molecule has 0 bridgehead atoms. The minimum atomic E-state index is -1.68. The predicted octanol–water partition coefficient (Wildman–Crippen LogP) is -26.3. The first-order valence-electron chi connectivity index (χ1n) is 22.7. The maximum atomic E-state index is 6.82. The average molecular weight is 746 g/mol. The van der Waals surface area contributed by atoms with Crippen LogP contribution in [0, 0.1) is 0 Å². The molecule has 69 heteroatoms. The molecule has 0 fully saturated rings. The van der Waals surface area contributed by atoms with Crippen molar-refractivity contribution in [1.82, 2.24) is 0 Å². The van der Waals surface area contributed by atoms with Gasteiger partial charge in [0.25, 0.3) is 0 Å². The molecule has 0 unspecified atom stereocenters. The van der Waals surface area contributed by atoms with Crippen LogP contribution < -0.4 is 0 Å². The van der Waals surface area contributed by atoms with Crippen molar-refractivity contribution in [2.75, 3.05) is 0 Å². The summed E-state index contributed by atoms with van der Waals surface area (Å²) >= 11 is 0. The summed E-state index contributed by atoms with van der Waals surface area (Å²) < 4.78 is 0. The number of hydrogen-bond acceptors (Lipinski definition) is 0. The van der Waals surface area contributed by atoms with Crippen LogP contribution in [0.1, 0.15) is 0 Å². The van der Waals surface area contributed by atoms with Crippen LogP contribution in [-0.2, 0) is 0 Å². The molecule has 0 spiro atoms. The van der Waals surface area contributed by atoms with Crippen LogP contribution in [0.5, 0.6) is 0 Å². The molecule has 0 aromatic carbocycles. The van der Waals surface area contributed by atoms with Gasteiger partial charge in [-0.2, -0.15) is 0 Å². The second-order valence-electron chi connectivity index (χ2n) is 19.2. The van der Waals surface area contributed by atoms with E-state index < -0.39 is 211 Å². The van der Waals surface area contributed by atoms with Gasteiger partial charge in [0.1, 0.15) is 0 Å². The molecular formula is B69. The van der Waals surface area contributed by atoms with Gasteiger partial charge in [-0.1, -0.05) is 0 Å². The third kappa shape index (κ3) is 19.9. The first kappa shape index (κ1) is 73.5. The zero-order chi connectivity index (χ0) is 54.8. The maximum Gasteiger partial charge on any atom is 0 e. The molecule has 0 aromatic rings. The highest BCUT2D eigenvalue weighted by molar-refractivity contribution is 8.39. The van der Waals surface area contributed by atoms with E-state index in [4.69, 9.17) is 271 Å². The van der Waals surface area contributed by atoms with Gasteiger partial charge in [0, 0.05) is 489 Å². The van der Waals surface area contributed by atoms with E-state index in [1.54, 1.807) is 0 Å². The Hall–Kier alpha value is 4.48. The van der Waals surface area contributed by atoms with E-state index in [0.717, 1.165) is 7.06 Å². The topological polar surface area (TPSA) is 0 Å². The van der Waals surface area contributed by atoms with Gasteiger partial charge in [0.05, 0.1) is 0 Å². The van der Waals surface area contributed by atoms with Crippen LogP contribution in [0.3, 0.4) is 0 Å². The molecule has 0 aliphatic carbocycles. The standard InChI is InChI=1S/B69/c1-36-54(37(2)3)63(55(38(4)5)39(6)7)67(62(52(32)33)53(34)35)69(66(60(48(24)25)49(26)27)61(50(28)29)51(30)31)68(64(56(40(8)9)41(10)11)57(42(12)13)43(14)15)65(58(44(16)17)45(18)19)59(46(20)21)47(22)23. The monoisotopic (exact) mass is 760 g/mol. The number of hydrogen-bond donors (Lipinski definition) is 0. The van der Waals surface area contributed by atoms with Crippen LogP contribution >= 0.6 is 0 Å². The maximum absolute atomic E-state index is 6.82. The summed E-state index contributed by atoms with van der Waals surface area (Å²) in [7, 11) is 236. The fraction of sp³-hybridized carbons (Fsp3) is 0. The van der Waals surface area contributed by atoms with Crippen LogP contribution in [0.2, 0.25) is 0 Å². The van der Waals surface area contributed by atoms with Gasteiger partial charge in [0.2, 0.25) is 0 Å². The first-order chi connectivity index (χ1) is 31.4. The largest absolute Gasteiger partial charge is 0 e. The van der Waals surface area contributed by atoms with Gasteiger partial charge in [0.15, 0.2) is 0 Å². The van der Waals surface area contributed by atoms with E-state index in [9.17, 15) is 0 Å². The third-order valence-corrected chi connectivity index (χ3v) is 14.4. The zero-order valence-corrected chi connectivity index (χ0v) is 39.8. The Labute approximate surface area is 484 Å². The second-order valence-corrected chi connectivity index (χ2v) is 19.2. The van der Waals surface area contributed by atoms with Crippen LogP contribution in [0.4, 0.5) is 0 Å². The van der Waals surface area contributed by atoms with Crippen molar-refractivity contribution >= 4 is 489 Å². The summed E-state index contributed by atoms with van der Waals surface area (Å²) in [5.74, 6) is 0. The third-order valence-electron chi connectivity index (χ3n) is 14.4. The lowest BCUT2D eigenvalue weighted by molar-refractivity contribution is 3.15. The lowest BCUT2D eigenvalue weighted by Crippen LogP contribution is -2.98. The fourth-order valence-corrected chi connectivity index (χ4v) is 12.1. The van der Waals surface area contributed by atoms with Crippen molar-refractivity contribution in [1.29, 1.82) is 0 Å². The highest BCUT2D eigenvalue weighted by atomic mass is 13.5. The van der Waals surface area contributed by atoms with Gasteiger partial charge in [-0.3, -0.25) is 0 Å². The molecule has 0 saturated heterocycles. The zero-order valence-electron chi connectivity index (χ0n) is 39.8. The Bertz CT molecular complexity index is 1130. The van der Waals surface area contributed by atoms with Crippen LogP contribution in [0.15, 0.2) is 0 Å². The molecule has 0 heterocycles. The summed E-state index contributed by atoms with van der Waals surface area (Å²) in [6.45, 7) is 0. The Kier molecular flexibility index (Phi) is 36.1. The normalized spacial score (nSPS) is 9.74. The molecule has 0 rings (SSSR count). The minimum absolute atomic E-state index is 1.13. The van der Waals surface area contributed by atoms with Crippen molar-refractivity contribution in [2.24, 2.45) is 0 Å². The van der Waals surface area contributed by atoms with E-state index >= 15 is 0 Å². The van der Waals surface area contributed by atoms with E-state index in [1.165, 1.54) is 0 Å². The van der Waals surface area contributed by atoms with E-state index in [1.807, 2.05) is 0 Å². The fourth-order valence-electron chi connectivity index (χ4n) is 12.1. The summed E-state index contributed by atoms with van der Waals surface area (Å²) in [6, 6.07) is 0. The smallest absolute Gasteiger partial charge is 0 e. The molecule has 0 atom stereocenters. The Morgan fingerprint density at radius 1 is 0.130 bits per heavy atom. The molecule has 69 heavy (non-hydrogen) atoms. The Balaban J connectivity index is 11.6. The van der Waals surface area contributed by atoms with Gasteiger partial charge < -0.3 is 0 Å². The van der Waals surface area contributed by atoms with Gasteiger partial charge in [-0.05, 0) is 0 Å². The Morgan fingerprint density at radius 3 is 0.333 bits per heavy atom. The molecule has 0 aliphatic rings. The molecule has 0 aliphatic heterocycles. The van der Waals surface area contributed by atoms with Crippen molar-refractivity contribution in [3.8, 4) is 0 Å². The van der Waals surface area contributed by atoms with Crippen molar-refractivity contribution in [3.05, 3.63) is 0 Å². The molecule has 0 nitrogen and oxygen atoms in total. The van der Waals surface area contributed by atoms with E-state index in [2.05, 4.69) is 0 Å². The van der Waals surface area contributed by atoms with E-state index in [0.29, 0.717) is 0 Å². The molecule has 0 saturated carbocycles. The minimum Gasteiger partial charge on any atom is 0 e. The second kappa shape index (κ2) is 33.9. The van der Waals surface area contributed by atoms with Gasteiger partial charge >= 0.3 is 0 Å². The van der Waals surface area contributed by atoms with Crippen molar-refractivity contribution in [3.63, 3.8) is 0 Å². The summed E-state index contributed by atoms with van der Waals surface area (Å²) in [4.78, 5) is 0. The van der Waals surface area contributed by atoms with Crippen molar-refractivity contribution in [2.45, 2.75) is 0 Å². The van der Waals surface area contributed by atoms with Crippen molar-refractivity contribution < 1.29 is 0 Å². The van der Waals surface area contributed by atoms with Crippen LogP contribution in [-0.4, -0.2) is 489 Å². The molecule has 207 valence electrons. The highest BCUT2D eigenvalue weighted by Crippen LogP contribution is 2.26. The summed E-state index contributed by atoms with van der Waals surface area (Å²) in [6.07, 6.45) is -50.2. The first-order valence-corrected chi connectivity index (χ1v) is 22.7. The predicted molar refractivity (Wildman–Crippen MR) is 397 cm³/mol. The van der Waals surface area contributed by atoms with E-state index in [-0.39, 0.29) is 0 Å². The molecule has 0 amide bonds. The molecule has 0 aromatic heterocycles. The SMILES string of the molecule is [B][B]B(B([B])[B])B(B(B([B])[B])B([B])[B])B(B(B([B])[B])B([B])[B])B(B(B(B([B])[B])B([B])[B])B(B([B])[B])B([B])[B])B(B(B(B([B])[B])B([B])[B])B(B([B])[B])B([B])[B])B(B(B([B])[B])B([B])[B])B(B([B])[B])B([B])[B]. The molecule has 71 radical (unpaired) electrons. The quantitative estimate of drug-likeness (QED) is 0.0587. The summed E-state index contributed by atoms with van der Waals surface area (Å²) in [5.41, 5.74) is 0. The van der Waals surface area contributed by atoms with Crippen LogP contribution in [0.25, 0.3) is 0 Å². The number of rotatable bonds is 33. The average Bonchev–Trinajstić information content (AvgIpc) is 3.12. The Morgan fingerprint density at radius 2 is 0.232 bits per heavy atom. The lowest BCUT2D eigenvalue weighted by Gasteiger charge is -2.60. The highest BCUT2D eigenvalue weighted by Gasteiger charge is 2.64. The lowest BCUT2D eigenvalue weighted by atomic mass is 8.21. The summed E-state index contributed by atoms with van der Waals surface area (Å²) in [5, 5.41) is 0. The van der Waals surface area contributed by atoms with Gasteiger partial charge in [-0.25, -0.2) is 0 Å². The molecule has 0 N–H and O–H groups in total.